The highest BCUT2D eigenvalue weighted by atomic mass is 19.4. The van der Waals surface area contributed by atoms with Gasteiger partial charge in [-0.3, -0.25) is 10.1 Å². The summed E-state index contributed by atoms with van der Waals surface area (Å²) in [6.07, 6.45) is -3.17. The summed E-state index contributed by atoms with van der Waals surface area (Å²) in [5, 5.41) is 21.1. The molecular formula is C26H19F3N4O4. The second-order valence-corrected chi connectivity index (χ2v) is 8.16. The SMILES string of the molecule is COc1cc(/C=C(\C#N)c2nc3cc(C)c(C)cc3[nH]2)ccc1Oc1ccc(C(F)(F)F)cc1[N+](=O)[O-]. The van der Waals surface area contributed by atoms with E-state index in [0.717, 1.165) is 28.2 Å². The van der Waals surface area contributed by atoms with Crippen LogP contribution in [0.3, 0.4) is 0 Å². The van der Waals surface area contributed by atoms with Crippen molar-refractivity contribution in [1.29, 1.82) is 5.26 Å². The van der Waals surface area contributed by atoms with Crippen molar-refractivity contribution in [2.75, 3.05) is 7.11 Å². The summed E-state index contributed by atoms with van der Waals surface area (Å²) in [4.78, 5) is 18.1. The van der Waals surface area contributed by atoms with Crippen LogP contribution in [0.5, 0.6) is 17.2 Å². The third kappa shape index (κ3) is 5.23. The standard InChI is InChI=1S/C26H19F3N4O4/c1-14-8-19-20(9-15(14)2)32-25(31-19)17(13-30)10-16-4-6-23(24(11-16)36-3)37-22-7-5-18(26(27,28)29)12-21(22)33(34)35/h4-12H,1-3H3,(H,31,32)/b17-10+. The van der Waals surface area contributed by atoms with Crippen molar-refractivity contribution >= 4 is 28.4 Å². The Kier molecular flexibility index (Phi) is 6.59. The van der Waals surface area contributed by atoms with Crippen LogP contribution < -0.4 is 9.47 Å². The molecule has 0 amide bonds. The van der Waals surface area contributed by atoms with Gasteiger partial charge in [0.15, 0.2) is 11.5 Å². The van der Waals surface area contributed by atoms with Crippen LogP contribution in [-0.4, -0.2) is 22.0 Å². The molecule has 1 N–H and O–H groups in total. The zero-order valence-corrected chi connectivity index (χ0v) is 19.8. The number of allylic oxidation sites excluding steroid dienone is 1. The quantitative estimate of drug-likeness (QED) is 0.171. The van der Waals surface area contributed by atoms with Gasteiger partial charge in [-0.15, -0.1) is 0 Å². The molecule has 1 aromatic heterocycles. The molecule has 0 saturated carbocycles. The van der Waals surface area contributed by atoms with Crippen molar-refractivity contribution in [2.45, 2.75) is 20.0 Å². The van der Waals surface area contributed by atoms with Gasteiger partial charge in [-0.2, -0.15) is 18.4 Å². The topological polar surface area (TPSA) is 114 Å². The van der Waals surface area contributed by atoms with Crippen LogP contribution in [0.1, 0.15) is 28.1 Å². The monoisotopic (exact) mass is 508 g/mol. The molecule has 0 aliphatic rings. The van der Waals surface area contributed by atoms with E-state index in [1.54, 1.807) is 12.1 Å². The molecule has 0 aliphatic heterocycles. The smallest absolute Gasteiger partial charge is 0.416 e. The van der Waals surface area contributed by atoms with Gasteiger partial charge in [-0.05, 0) is 73.0 Å². The van der Waals surface area contributed by atoms with Gasteiger partial charge in [-0.1, -0.05) is 6.07 Å². The van der Waals surface area contributed by atoms with Gasteiger partial charge in [0.1, 0.15) is 11.9 Å². The highest BCUT2D eigenvalue weighted by molar-refractivity contribution is 5.90. The Morgan fingerprint density at radius 1 is 1.08 bits per heavy atom. The molecule has 0 bridgehead atoms. The van der Waals surface area contributed by atoms with Gasteiger partial charge in [-0.25, -0.2) is 4.98 Å². The molecule has 188 valence electrons. The number of ether oxygens (including phenoxy) is 2. The number of aromatic amines is 1. The van der Waals surface area contributed by atoms with Crippen LogP contribution >= 0.6 is 0 Å². The summed E-state index contributed by atoms with van der Waals surface area (Å²) in [5.74, 6) is 0.180. The molecular weight excluding hydrogens is 489 g/mol. The maximum atomic E-state index is 13.0. The van der Waals surface area contributed by atoms with Crippen molar-refractivity contribution in [3.63, 3.8) is 0 Å². The van der Waals surface area contributed by atoms with E-state index in [9.17, 15) is 28.5 Å². The van der Waals surface area contributed by atoms with E-state index in [1.165, 1.54) is 19.2 Å². The fraction of sp³-hybridized carbons (Fsp3) is 0.154. The first kappa shape index (κ1) is 25.2. The molecule has 37 heavy (non-hydrogen) atoms. The first-order valence-electron chi connectivity index (χ1n) is 10.8. The fourth-order valence-corrected chi connectivity index (χ4v) is 3.62. The number of methoxy groups -OCH3 is 1. The summed E-state index contributed by atoms with van der Waals surface area (Å²) >= 11 is 0. The van der Waals surface area contributed by atoms with Gasteiger partial charge in [0.25, 0.3) is 0 Å². The van der Waals surface area contributed by atoms with Crippen LogP contribution in [0.4, 0.5) is 18.9 Å². The molecule has 3 aromatic carbocycles. The number of nitriles is 1. The minimum absolute atomic E-state index is 0.0377. The fourth-order valence-electron chi connectivity index (χ4n) is 3.62. The van der Waals surface area contributed by atoms with Crippen molar-refractivity contribution < 1.29 is 27.6 Å². The third-order valence-electron chi connectivity index (χ3n) is 5.67. The molecule has 8 nitrogen and oxygen atoms in total. The molecule has 0 aliphatic carbocycles. The second kappa shape index (κ2) is 9.66. The van der Waals surface area contributed by atoms with E-state index in [0.29, 0.717) is 23.5 Å². The summed E-state index contributed by atoms with van der Waals surface area (Å²) < 4.78 is 49.8. The van der Waals surface area contributed by atoms with E-state index in [-0.39, 0.29) is 22.8 Å². The van der Waals surface area contributed by atoms with Gasteiger partial charge in [0.05, 0.1) is 34.2 Å². The molecule has 4 rings (SSSR count). The second-order valence-electron chi connectivity index (χ2n) is 8.16. The Morgan fingerprint density at radius 2 is 1.78 bits per heavy atom. The lowest BCUT2D eigenvalue weighted by Crippen LogP contribution is -2.06. The maximum Gasteiger partial charge on any atom is 0.416 e. The van der Waals surface area contributed by atoms with Gasteiger partial charge < -0.3 is 14.5 Å². The number of halogens is 3. The number of aromatic nitrogens is 2. The van der Waals surface area contributed by atoms with Crippen molar-refractivity contribution in [1.82, 2.24) is 9.97 Å². The number of benzene rings is 3. The predicted octanol–water partition coefficient (Wildman–Crippen LogP) is 6.97. The van der Waals surface area contributed by atoms with E-state index in [2.05, 4.69) is 16.0 Å². The van der Waals surface area contributed by atoms with Crippen LogP contribution in [0, 0.1) is 35.3 Å². The summed E-state index contributed by atoms with van der Waals surface area (Å²) in [6, 6.07) is 12.5. The molecule has 0 radical (unpaired) electrons. The molecule has 1 heterocycles. The largest absolute Gasteiger partial charge is 0.493 e. The van der Waals surface area contributed by atoms with E-state index in [4.69, 9.17) is 9.47 Å². The number of nitrogens with zero attached hydrogens (tertiary/aromatic N) is 3. The maximum absolute atomic E-state index is 13.0. The predicted molar refractivity (Wildman–Crippen MR) is 130 cm³/mol. The molecule has 0 atom stereocenters. The lowest BCUT2D eigenvalue weighted by atomic mass is 10.1. The molecule has 0 saturated heterocycles. The lowest BCUT2D eigenvalue weighted by Gasteiger charge is -2.13. The average molecular weight is 508 g/mol. The Morgan fingerprint density at radius 3 is 2.43 bits per heavy atom. The molecule has 0 spiro atoms. The van der Waals surface area contributed by atoms with Crippen molar-refractivity contribution in [3.05, 3.63) is 86.7 Å². The Balaban J connectivity index is 1.68. The Labute approximate surface area is 208 Å². The van der Waals surface area contributed by atoms with Crippen LogP contribution in [0.25, 0.3) is 22.7 Å². The Hall–Kier alpha value is -4.85. The number of aryl methyl sites for hydroxylation is 2. The molecule has 11 heteroatoms. The Bertz CT molecular complexity index is 1560. The number of rotatable bonds is 6. The zero-order chi connectivity index (χ0) is 26.9. The number of hydrogen-bond acceptors (Lipinski definition) is 6. The van der Waals surface area contributed by atoms with Gasteiger partial charge in [0, 0.05) is 6.07 Å². The minimum atomic E-state index is -4.75. The van der Waals surface area contributed by atoms with E-state index < -0.39 is 22.4 Å². The molecule has 0 fully saturated rings. The highest BCUT2D eigenvalue weighted by Gasteiger charge is 2.33. The number of nitro groups is 1. The van der Waals surface area contributed by atoms with Gasteiger partial charge >= 0.3 is 11.9 Å². The lowest BCUT2D eigenvalue weighted by molar-refractivity contribution is -0.385. The average Bonchev–Trinajstić information content (AvgIpc) is 3.25. The van der Waals surface area contributed by atoms with Crippen LogP contribution in [-0.2, 0) is 6.18 Å². The van der Waals surface area contributed by atoms with Gasteiger partial charge in [0.2, 0.25) is 5.75 Å². The summed E-state index contributed by atoms with van der Waals surface area (Å²) in [7, 11) is 1.34. The number of hydrogen-bond donors (Lipinski definition) is 1. The van der Waals surface area contributed by atoms with E-state index in [1.807, 2.05) is 26.0 Å². The zero-order valence-electron chi connectivity index (χ0n) is 19.8. The number of nitrogens with one attached hydrogen (secondary N) is 1. The number of fused-ring (bicyclic) bond motifs is 1. The van der Waals surface area contributed by atoms with Crippen LogP contribution in [0.2, 0.25) is 0 Å². The normalized spacial score (nSPS) is 11.9. The first-order chi connectivity index (χ1) is 17.5. The number of H-pyrrole nitrogens is 1. The highest BCUT2D eigenvalue weighted by Crippen LogP contribution is 2.40. The van der Waals surface area contributed by atoms with E-state index >= 15 is 0 Å². The van der Waals surface area contributed by atoms with Crippen molar-refractivity contribution in [2.24, 2.45) is 0 Å². The number of alkyl halides is 3. The summed E-state index contributed by atoms with van der Waals surface area (Å²) in [5.41, 5.74) is 2.44. The minimum Gasteiger partial charge on any atom is -0.493 e. The molecule has 4 aromatic rings. The summed E-state index contributed by atoms with van der Waals surface area (Å²) in [6.45, 7) is 3.95. The van der Waals surface area contributed by atoms with Crippen molar-refractivity contribution in [3.8, 4) is 23.3 Å². The third-order valence-corrected chi connectivity index (χ3v) is 5.67. The first-order valence-corrected chi connectivity index (χ1v) is 10.8. The molecule has 0 unspecified atom stereocenters. The van der Waals surface area contributed by atoms with Crippen LogP contribution in [0.15, 0.2) is 48.5 Å². The number of imidazole rings is 1. The number of nitro benzene ring substituents is 1.